The maximum Gasteiger partial charge on any atom is 0.306 e. The molecule has 6 rings (SSSR count). The van der Waals surface area contributed by atoms with Gasteiger partial charge in [-0.25, -0.2) is 0 Å². The molecule has 4 aliphatic carbocycles. The van der Waals surface area contributed by atoms with Gasteiger partial charge in [-0.05, 0) is 142 Å². The topological polar surface area (TPSA) is 148 Å². The van der Waals surface area contributed by atoms with E-state index in [4.69, 9.17) is 16.2 Å². The first-order valence-electron chi connectivity index (χ1n) is 24.7. The van der Waals surface area contributed by atoms with Crippen LogP contribution < -0.4 is 22.1 Å². The van der Waals surface area contributed by atoms with Crippen LogP contribution in [0.3, 0.4) is 0 Å². The Morgan fingerprint density at radius 2 is 1.71 bits per heavy atom. The predicted octanol–water partition coefficient (Wildman–Crippen LogP) is 10.1. The Morgan fingerprint density at radius 3 is 2.47 bits per heavy atom. The molecule has 0 bridgehead atoms. The van der Waals surface area contributed by atoms with Crippen LogP contribution in [0.4, 0.5) is 11.4 Å². The highest BCUT2D eigenvalue weighted by atomic mass is 16.5. The molecule has 6 N–H and O–H groups in total. The summed E-state index contributed by atoms with van der Waals surface area (Å²) in [5, 5.41) is 6.43. The van der Waals surface area contributed by atoms with Crippen molar-refractivity contribution < 1.29 is 14.3 Å². The quantitative estimate of drug-likeness (QED) is 0.0547. The average Bonchev–Trinajstić information content (AvgIpc) is 3.59. The van der Waals surface area contributed by atoms with Crippen molar-refractivity contribution in [3.8, 4) is 0 Å². The smallest absolute Gasteiger partial charge is 0.306 e. The summed E-state index contributed by atoms with van der Waals surface area (Å²) < 4.78 is 6.00. The van der Waals surface area contributed by atoms with Gasteiger partial charge >= 0.3 is 5.97 Å². The molecular formula is C52H85N7O3. The largest absolute Gasteiger partial charge is 0.462 e. The molecule has 346 valence electrons. The van der Waals surface area contributed by atoms with Gasteiger partial charge < -0.3 is 26.8 Å². The summed E-state index contributed by atoms with van der Waals surface area (Å²) in [7, 11) is 2.01. The third kappa shape index (κ3) is 13.8. The van der Waals surface area contributed by atoms with Crippen molar-refractivity contribution in [2.24, 2.45) is 52.1 Å². The van der Waals surface area contributed by atoms with Crippen molar-refractivity contribution in [1.29, 1.82) is 0 Å². The van der Waals surface area contributed by atoms with Gasteiger partial charge in [-0.15, -0.1) is 0 Å². The Morgan fingerprint density at radius 1 is 0.935 bits per heavy atom. The number of anilines is 2. The number of allylic oxidation sites excluding steroid dienone is 1. The minimum absolute atomic E-state index is 0.0474. The number of aromatic nitrogens is 2. The number of hydrogen-bond donors (Lipinski definition) is 4. The van der Waals surface area contributed by atoms with E-state index >= 15 is 0 Å². The second-order valence-electron chi connectivity index (χ2n) is 20.5. The second kappa shape index (κ2) is 24.0. The third-order valence-corrected chi connectivity index (χ3v) is 15.5. The summed E-state index contributed by atoms with van der Waals surface area (Å²) in [6.45, 7) is 18.5. The third-order valence-electron chi connectivity index (χ3n) is 15.5. The molecule has 2 heterocycles. The average molecular weight is 856 g/mol. The van der Waals surface area contributed by atoms with Crippen LogP contribution >= 0.6 is 0 Å². The molecule has 62 heavy (non-hydrogen) atoms. The van der Waals surface area contributed by atoms with Crippen molar-refractivity contribution in [2.75, 3.05) is 44.3 Å². The van der Waals surface area contributed by atoms with E-state index in [0.717, 1.165) is 123 Å². The number of esters is 1. The molecule has 2 aromatic heterocycles. The number of aryl methyl sites for hydroxylation is 1. The van der Waals surface area contributed by atoms with Crippen molar-refractivity contribution in [3.63, 3.8) is 0 Å². The van der Waals surface area contributed by atoms with Gasteiger partial charge in [0.25, 0.3) is 0 Å². The van der Waals surface area contributed by atoms with Gasteiger partial charge in [-0.3, -0.25) is 24.5 Å². The van der Waals surface area contributed by atoms with Crippen LogP contribution in [-0.4, -0.2) is 66.1 Å². The van der Waals surface area contributed by atoms with Crippen LogP contribution in [0, 0.1) is 46.3 Å². The van der Waals surface area contributed by atoms with Crippen LogP contribution in [-0.2, 0) is 27.3 Å². The molecule has 4 aliphatic rings. The van der Waals surface area contributed by atoms with Crippen molar-refractivity contribution >= 4 is 23.3 Å². The number of rotatable bonds is 21. The molecule has 3 fully saturated rings. The lowest BCUT2D eigenvalue weighted by Gasteiger charge is -2.58. The molecule has 8 atom stereocenters. The minimum atomic E-state index is -0.227. The molecule has 3 saturated carbocycles. The standard InChI is InChI=1S/C43H69N3O3.C9H16N4/c1-7-11-33-29-34(22-27-45-33)44-25-8-9-26-46-40(47)18-19-41(48)49-35-20-23-42(5)32(28-35)14-15-36-38-17-16-37(31(4)13-10-12-30(2)3)43(38,6)24-21-39(36)42;1-13(5-3-10)7-9-6-8(11)2-4-12-9/h14,22,27,29-31,35-39H,7-13,15-21,23-26,28H2,1-6H3,(H,44,45)(H,46,47);2,4,6H,3,5,7,10H2,1H3,(H2,11,12)/t31-,35?,36?,37?,38+,39+,42?,43?;/m1./s1. The monoisotopic (exact) mass is 856 g/mol. The number of nitrogens with two attached hydrogens (primary N) is 2. The molecule has 5 unspecified atom stereocenters. The summed E-state index contributed by atoms with van der Waals surface area (Å²) in [4.78, 5) is 36.0. The number of fused-ring (bicyclic) bond motifs is 5. The van der Waals surface area contributed by atoms with Crippen LogP contribution in [0.25, 0.3) is 0 Å². The fraction of sp³-hybridized carbons (Fsp3) is 0.731. The van der Waals surface area contributed by atoms with Gasteiger partial charge in [0, 0.05) is 75.0 Å². The summed E-state index contributed by atoms with van der Waals surface area (Å²) in [6.07, 6.45) is 24.3. The number of unbranched alkanes of at least 4 members (excludes halogenated alkanes) is 1. The molecule has 10 nitrogen and oxygen atoms in total. The van der Waals surface area contributed by atoms with Crippen LogP contribution in [0.2, 0.25) is 0 Å². The zero-order valence-corrected chi connectivity index (χ0v) is 39.9. The molecule has 0 saturated heterocycles. The van der Waals surface area contributed by atoms with Crippen LogP contribution in [0.1, 0.15) is 156 Å². The van der Waals surface area contributed by atoms with E-state index in [9.17, 15) is 9.59 Å². The fourth-order valence-corrected chi connectivity index (χ4v) is 12.2. The first kappa shape index (κ1) is 49.5. The first-order chi connectivity index (χ1) is 29.7. The highest BCUT2D eigenvalue weighted by Crippen LogP contribution is 2.67. The van der Waals surface area contributed by atoms with E-state index in [1.807, 2.05) is 25.4 Å². The zero-order chi connectivity index (χ0) is 44.7. The Kier molecular flexibility index (Phi) is 19.1. The highest BCUT2D eigenvalue weighted by molar-refractivity contribution is 5.81. The fourth-order valence-electron chi connectivity index (χ4n) is 12.2. The van der Waals surface area contributed by atoms with E-state index in [1.54, 1.807) is 17.8 Å². The van der Waals surface area contributed by atoms with E-state index in [1.165, 1.54) is 51.4 Å². The Bertz CT molecular complexity index is 1730. The van der Waals surface area contributed by atoms with Gasteiger partial charge in [0.1, 0.15) is 6.10 Å². The minimum Gasteiger partial charge on any atom is -0.462 e. The van der Waals surface area contributed by atoms with E-state index in [2.05, 4.69) is 79.2 Å². The van der Waals surface area contributed by atoms with Crippen molar-refractivity contribution in [2.45, 2.75) is 163 Å². The van der Waals surface area contributed by atoms with Crippen molar-refractivity contribution in [3.05, 3.63) is 59.7 Å². The van der Waals surface area contributed by atoms with Gasteiger partial charge in [0.15, 0.2) is 0 Å². The molecule has 0 aromatic carbocycles. The number of pyridine rings is 2. The molecule has 1 amide bonds. The summed E-state index contributed by atoms with van der Waals surface area (Å²) >= 11 is 0. The molecule has 0 spiro atoms. The number of nitrogen functional groups attached to an aromatic ring is 1. The Balaban J connectivity index is 0.000000478. The van der Waals surface area contributed by atoms with Gasteiger partial charge in [-0.2, -0.15) is 0 Å². The Labute approximate surface area is 376 Å². The summed E-state index contributed by atoms with van der Waals surface area (Å²) in [5.41, 5.74) is 17.3. The van der Waals surface area contributed by atoms with Crippen molar-refractivity contribution in [1.82, 2.24) is 20.2 Å². The van der Waals surface area contributed by atoms with Crippen LogP contribution in [0.5, 0.6) is 0 Å². The number of likely N-dealkylation sites (N-methyl/N-ethyl adjacent to an activating group) is 1. The second-order valence-corrected chi connectivity index (χ2v) is 20.5. The highest BCUT2D eigenvalue weighted by Gasteiger charge is 2.59. The number of ether oxygens (including phenoxy) is 1. The number of hydrogen-bond acceptors (Lipinski definition) is 9. The normalized spacial score (nSPS) is 26.9. The number of amides is 1. The predicted molar refractivity (Wildman–Crippen MR) is 255 cm³/mol. The molecule has 0 radical (unpaired) electrons. The molecular weight excluding hydrogens is 771 g/mol. The maximum absolute atomic E-state index is 12.8. The molecule has 10 heteroatoms. The maximum atomic E-state index is 12.8. The summed E-state index contributed by atoms with van der Waals surface area (Å²) in [6, 6.07) is 7.78. The van der Waals surface area contributed by atoms with Gasteiger partial charge in [-0.1, -0.05) is 78.9 Å². The van der Waals surface area contributed by atoms with Gasteiger partial charge in [0.05, 0.1) is 12.1 Å². The SMILES string of the molecule is CCCc1cc(NCCCCNC(=O)CCC(=O)OC2CCC3(C)C(=CCC4[C@@H]3CCC3(C)C([C@H](C)CCCC(C)C)CC[C@@H]43)C2)ccn1.CN(CCN)Cc1cc(N)ccn1. The molecule has 2 aromatic rings. The number of nitrogens with one attached hydrogen (secondary N) is 2. The lowest BCUT2D eigenvalue weighted by Crippen LogP contribution is -2.51. The van der Waals surface area contributed by atoms with E-state index in [0.29, 0.717) is 18.5 Å². The van der Waals surface area contributed by atoms with Crippen LogP contribution in [0.15, 0.2) is 48.3 Å². The Hall–Kier alpha value is -3.50. The number of nitrogens with zero attached hydrogens (tertiary/aromatic N) is 3. The lowest BCUT2D eigenvalue weighted by molar-refractivity contribution is -0.152. The lowest BCUT2D eigenvalue weighted by atomic mass is 9.47. The number of carbonyl (C=O) groups excluding carboxylic acids is 2. The van der Waals surface area contributed by atoms with E-state index in [-0.39, 0.29) is 36.2 Å². The van der Waals surface area contributed by atoms with Gasteiger partial charge in [0.2, 0.25) is 5.91 Å². The summed E-state index contributed by atoms with van der Waals surface area (Å²) in [5.74, 6) is 4.70. The number of carbonyl (C=O) groups is 2. The van der Waals surface area contributed by atoms with E-state index < -0.39 is 0 Å². The first-order valence-corrected chi connectivity index (χ1v) is 24.7. The molecule has 0 aliphatic heterocycles. The zero-order valence-electron chi connectivity index (χ0n) is 39.9.